The van der Waals surface area contributed by atoms with Crippen LogP contribution in [0.4, 0.5) is 4.39 Å². The van der Waals surface area contributed by atoms with Gasteiger partial charge in [0.25, 0.3) is 5.91 Å². The molecule has 1 aromatic heterocycles. The molecule has 33 heavy (non-hydrogen) atoms. The van der Waals surface area contributed by atoms with E-state index in [9.17, 15) is 14.0 Å². The molecule has 1 fully saturated rings. The Kier molecular flexibility index (Phi) is 6.96. The molecule has 0 bridgehead atoms. The first kappa shape index (κ1) is 22.8. The summed E-state index contributed by atoms with van der Waals surface area (Å²) < 4.78 is 26.7. The summed E-state index contributed by atoms with van der Waals surface area (Å²) in [5, 5.41) is 0.848. The first-order chi connectivity index (χ1) is 16.0. The quantitative estimate of drug-likeness (QED) is 0.490. The van der Waals surface area contributed by atoms with Gasteiger partial charge in [0.15, 0.2) is 0 Å². The molecule has 0 atom stereocenters. The first-order valence-corrected chi connectivity index (χ1v) is 11.5. The highest BCUT2D eigenvalue weighted by molar-refractivity contribution is 6.00. The molecule has 0 aliphatic carbocycles. The summed E-state index contributed by atoms with van der Waals surface area (Å²) in [6.45, 7) is 5.92. The van der Waals surface area contributed by atoms with Crippen LogP contribution in [0.3, 0.4) is 0 Å². The van der Waals surface area contributed by atoms with Crippen LogP contribution in [0.2, 0.25) is 0 Å². The van der Waals surface area contributed by atoms with Crippen molar-refractivity contribution in [2.75, 3.05) is 26.3 Å². The van der Waals surface area contributed by atoms with E-state index in [1.54, 1.807) is 17.9 Å². The molecule has 4 rings (SSSR count). The molecule has 174 valence electrons. The van der Waals surface area contributed by atoms with Gasteiger partial charge in [-0.15, -0.1) is 0 Å². The number of hydrogen-bond acceptors (Lipinski definition) is 4. The molecule has 0 radical (unpaired) electrons. The van der Waals surface area contributed by atoms with Gasteiger partial charge in [-0.25, -0.2) is 4.39 Å². The number of carbonyl (C=O) groups excluding carboxylic acids is 2. The average molecular weight is 453 g/mol. The van der Waals surface area contributed by atoms with Crippen LogP contribution in [-0.2, 0) is 16.1 Å². The summed E-state index contributed by atoms with van der Waals surface area (Å²) >= 11 is 0. The maximum atomic E-state index is 13.8. The number of carbonyl (C=O) groups is 2. The molecule has 7 heteroatoms. The molecule has 6 nitrogen and oxygen atoms in total. The fourth-order valence-corrected chi connectivity index (χ4v) is 4.44. The van der Waals surface area contributed by atoms with Crippen LogP contribution < -0.4 is 4.74 Å². The van der Waals surface area contributed by atoms with Crippen molar-refractivity contribution in [3.63, 3.8) is 0 Å². The monoisotopic (exact) mass is 452 g/mol. The van der Waals surface area contributed by atoms with Crippen LogP contribution in [0.25, 0.3) is 10.9 Å². The normalized spacial score (nSPS) is 14.5. The van der Waals surface area contributed by atoms with Crippen LogP contribution in [0.1, 0.15) is 42.7 Å². The molecule has 2 heterocycles. The molecular formula is C26H29FN2O4. The van der Waals surface area contributed by atoms with E-state index >= 15 is 0 Å². The van der Waals surface area contributed by atoms with Gasteiger partial charge in [-0.1, -0.05) is 18.2 Å². The van der Waals surface area contributed by atoms with Gasteiger partial charge in [0.05, 0.1) is 24.6 Å². The number of nitrogens with zero attached hydrogens (tertiary/aromatic N) is 2. The second-order valence-corrected chi connectivity index (χ2v) is 8.19. The molecule has 0 spiro atoms. The summed E-state index contributed by atoms with van der Waals surface area (Å²) in [5.74, 6) is -0.0637. The van der Waals surface area contributed by atoms with Crippen LogP contribution in [-0.4, -0.2) is 47.6 Å². The number of benzene rings is 2. The van der Waals surface area contributed by atoms with Crippen molar-refractivity contribution >= 4 is 22.8 Å². The summed E-state index contributed by atoms with van der Waals surface area (Å²) in [6, 6.07) is 14.0. The van der Waals surface area contributed by atoms with Crippen molar-refractivity contribution in [1.82, 2.24) is 9.47 Å². The standard InChI is InChI=1S/C26H29FN2O4/c1-3-32-24-10-6-9-22-21(24)16-23(29(22)17-18-7-5-8-20(27)15-18)25(30)28-13-11-19(12-14-28)26(31)33-4-2/h5-10,15-16,19H,3-4,11-14,17H2,1-2H3. The Hall–Kier alpha value is -3.35. The molecule has 1 saturated heterocycles. The molecule has 1 aliphatic heterocycles. The van der Waals surface area contributed by atoms with Crippen molar-refractivity contribution < 1.29 is 23.5 Å². The fraction of sp³-hybridized carbons (Fsp3) is 0.385. The zero-order valence-electron chi connectivity index (χ0n) is 19.1. The summed E-state index contributed by atoms with van der Waals surface area (Å²) in [6.07, 6.45) is 1.16. The van der Waals surface area contributed by atoms with Crippen molar-refractivity contribution in [2.24, 2.45) is 5.92 Å². The average Bonchev–Trinajstić information content (AvgIpc) is 3.18. The summed E-state index contributed by atoms with van der Waals surface area (Å²) in [7, 11) is 0. The van der Waals surface area contributed by atoms with E-state index in [2.05, 4.69) is 0 Å². The van der Waals surface area contributed by atoms with E-state index in [0.29, 0.717) is 57.1 Å². The Labute approximate surface area is 192 Å². The van der Waals surface area contributed by atoms with Gasteiger partial charge in [-0.2, -0.15) is 0 Å². The highest BCUT2D eigenvalue weighted by Gasteiger charge is 2.30. The maximum absolute atomic E-state index is 13.8. The van der Waals surface area contributed by atoms with E-state index in [4.69, 9.17) is 9.47 Å². The third kappa shape index (κ3) is 4.87. The van der Waals surface area contributed by atoms with E-state index in [1.165, 1.54) is 12.1 Å². The number of likely N-dealkylation sites (tertiary alicyclic amines) is 1. The van der Waals surface area contributed by atoms with Gasteiger partial charge in [0.2, 0.25) is 0 Å². The molecule has 0 N–H and O–H groups in total. The van der Waals surface area contributed by atoms with E-state index in [0.717, 1.165) is 16.5 Å². The van der Waals surface area contributed by atoms with Gasteiger partial charge in [0, 0.05) is 25.0 Å². The molecule has 0 unspecified atom stereocenters. The molecular weight excluding hydrogens is 423 g/mol. The van der Waals surface area contributed by atoms with Crippen LogP contribution in [0.15, 0.2) is 48.5 Å². The van der Waals surface area contributed by atoms with Gasteiger partial charge in [0.1, 0.15) is 17.3 Å². The number of aromatic nitrogens is 1. The zero-order valence-corrected chi connectivity index (χ0v) is 19.1. The summed E-state index contributed by atoms with van der Waals surface area (Å²) in [4.78, 5) is 27.4. The predicted octanol–water partition coefficient (Wildman–Crippen LogP) is 4.64. The number of rotatable bonds is 7. The summed E-state index contributed by atoms with van der Waals surface area (Å²) in [5.41, 5.74) is 2.15. The van der Waals surface area contributed by atoms with Gasteiger partial charge in [-0.05, 0) is 62.6 Å². The lowest BCUT2D eigenvalue weighted by molar-refractivity contribution is -0.149. The third-order valence-corrected chi connectivity index (χ3v) is 6.06. The molecule has 1 amide bonds. The van der Waals surface area contributed by atoms with Crippen LogP contribution in [0.5, 0.6) is 5.75 Å². The molecule has 3 aromatic rings. The van der Waals surface area contributed by atoms with E-state index in [1.807, 2.05) is 41.8 Å². The van der Waals surface area contributed by atoms with Crippen molar-refractivity contribution in [1.29, 1.82) is 0 Å². The van der Waals surface area contributed by atoms with Crippen molar-refractivity contribution in [3.05, 3.63) is 65.6 Å². The highest BCUT2D eigenvalue weighted by atomic mass is 19.1. The number of hydrogen-bond donors (Lipinski definition) is 0. The van der Waals surface area contributed by atoms with Crippen LogP contribution >= 0.6 is 0 Å². The van der Waals surface area contributed by atoms with E-state index in [-0.39, 0.29) is 23.6 Å². The number of halogens is 1. The zero-order chi connectivity index (χ0) is 23.4. The largest absolute Gasteiger partial charge is 0.493 e. The Balaban J connectivity index is 1.66. The highest BCUT2D eigenvalue weighted by Crippen LogP contribution is 2.31. The smallest absolute Gasteiger partial charge is 0.309 e. The minimum atomic E-state index is -0.312. The second-order valence-electron chi connectivity index (χ2n) is 8.19. The third-order valence-electron chi connectivity index (χ3n) is 6.06. The number of piperidine rings is 1. The topological polar surface area (TPSA) is 60.8 Å². The minimum absolute atomic E-state index is 0.104. The lowest BCUT2D eigenvalue weighted by Crippen LogP contribution is -2.41. The number of ether oxygens (including phenoxy) is 2. The molecule has 1 aliphatic rings. The molecule has 0 saturated carbocycles. The predicted molar refractivity (Wildman–Crippen MR) is 124 cm³/mol. The SMILES string of the molecule is CCOC(=O)C1CCN(C(=O)c2cc3c(OCC)cccc3n2Cc2cccc(F)c2)CC1. The van der Waals surface area contributed by atoms with Crippen molar-refractivity contribution in [2.45, 2.75) is 33.2 Å². The Morgan fingerprint density at radius 3 is 2.48 bits per heavy atom. The van der Waals surface area contributed by atoms with Crippen molar-refractivity contribution in [3.8, 4) is 5.75 Å². The first-order valence-electron chi connectivity index (χ1n) is 11.5. The second kappa shape index (κ2) is 10.1. The van der Waals surface area contributed by atoms with E-state index < -0.39 is 0 Å². The maximum Gasteiger partial charge on any atom is 0.309 e. The fourth-order valence-electron chi connectivity index (χ4n) is 4.44. The van der Waals surface area contributed by atoms with Gasteiger partial charge >= 0.3 is 5.97 Å². The lowest BCUT2D eigenvalue weighted by Gasteiger charge is -2.31. The number of fused-ring (bicyclic) bond motifs is 1. The van der Waals surface area contributed by atoms with Gasteiger partial charge in [-0.3, -0.25) is 9.59 Å². The Morgan fingerprint density at radius 1 is 1.03 bits per heavy atom. The number of amides is 1. The lowest BCUT2D eigenvalue weighted by atomic mass is 9.97. The minimum Gasteiger partial charge on any atom is -0.493 e. The van der Waals surface area contributed by atoms with Crippen LogP contribution in [0, 0.1) is 11.7 Å². The Bertz CT molecular complexity index is 1150. The Morgan fingerprint density at radius 2 is 1.79 bits per heavy atom. The van der Waals surface area contributed by atoms with Gasteiger partial charge < -0.3 is 18.9 Å². The number of esters is 1. The molecule has 2 aromatic carbocycles.